The zero-order chi connectivity index (χ0) is 13.2. The maximum atomic E-state index is 13.2. The van der Waals surface area contributed by atoms with Gasteiger partial charge >= 0.3 is 12.1 Å². The Kier molecular flexibility index (Phi) is 3.69. The van der Waals surface area contributed by atoms with Crippen LogP contribution in [-0.2, 0) is 4.79 Å². The van der Waals surface area contributed by atoms with Gasteiger partial charge in [0.05, 0.1) is 6.04 Å². The summed E-state index contributed by atoms with van der Waals surface area (Å²) in [6.45, 7) is 1.13. The molecule has 0 heterocycles. The van der Waals surface area contributed by atoms with E-state index < -0.39 is 29.8 Å². The molecular weight excluding hydrogens is 245 g/mol. The number of hydrogen-bond donors (Lipinski definition) is 1. The standard InChI is InChI=1S/C10H8F5NO/c1-5(16-9(17)10(13,14)15)7-4-6(11)2-3-8(7)12/h2-5H,1H3,(H,16,17). The monoisotopic (exact) mass is 253 g/mol. The van der Waals surface area contributed by atoms with Gasteiger partial charge in [0.15, 0.2) is 0 Å². The van der Waals surface area contributed by atoms with Crippen molar-refractivity contribution < 1.29 is 26.7 Å². The first-order valence-corrected chi connectivity index (χ1v) is 4.54. The molecule has 0 fully saturated rings. The molecule has 1 aromatic rings. The van der Waals surface area contributed by atoms with E-state index in [0.717, 1.165) is 25.1 Å². The number of nitrogens with one attached hydrogen (secondary N) is 1. The average Bonchev–Trinajstić information content (AvgIpc) is 2.20. The van der Waals surface area contributed by atoms with Gasteiger partial charge in [0, 0.05) is 5.56 Å². The Morgan fingerprint density at radius 2 is 1.88 bits per heavy atom. The Hall–Kier alpha value is -1.66. The van der Waals surface area contributed by atoms with Crippen LogP contribution in [0.25, 0.3) is 0 Å². The molecule has 0 aliphatic heterocycles. The number of amides is 1. The maximum Gasteiger partial charge on any atom is 0.471 e. The van der Waals surface area contributed by atoms with E-state index in [2.05, 4.69) is 0 Å². The van der Waals surface area contributed by atoms with Crippen molar-refractivity contribution in [1.29, 1.82) is 0 Å². The Balaban J connectivity index is 2.87. The van der Waals surface area contributed by atoms with Crippen LogP contribution in [0.3, 0.4) is 0 Å². The second-order valence-electron chi connectivity index (χ2n) is 3.36. The zero-order valence-corrected chi connectivity index (χ0v) is 8.61. The minimum Gasteiger partial charge on any atom is -0.342 e. The summed E-state index contributed by atoms with van der Waals surface area (Å²) in [5, 5.41) is 1.53. The molecule has 0 aliphatic carbocycles. The molecule has 0 aliphatic rings. The van der Waals surface area contributed by atoms with Gasteiger partial charge in [-0.2, -0.15) is 13.2 Å². The zero-order valence-electron chi connectivity index (χ0n) is 8.61. The highest BCUT2D eigenvalue weighted by molar-refractivity contribution is 5.82. The molecule has 1 rings (SSSR count). The molecule has 0 saturated carbocycles. The van der Waals surface area contributed by atoms with Crippen molar-refractivity contribution in [2.45, 2.75) is 19.1 Å². The van der Waals surface area contributed by atoms with Gasteiger partial charge in [-0.1, -0.05) is 0 Å². The van der Waals surface area contributed by atoms with Crippen LogP contribution >= 0.6 is 0 Å². The van der Waals surface area contributed by atoms with Crippen molar-refractivity contribution in [1.82, 2.24) is 5.32 Å². The molecular formula is C10H8F5NO. The second kappa shape index (κ2) is 4.68. The van der Waals surface area contributed by atoms with E-state index in [-0.39, 0.29) is 5.56 Å². The van der Waals surface area contributed by atoms with Crippen LogP contribution in [0.4, 0.5) is 22.0 Å². The van der Waals surface area contributed by atoms with Gasteiger partial charge in [-0.3, -0.25) is 4.79 Å². The highest BCUT2D eigenvalue weighted by Gasteiger charge is 2.39. The van der Waals surface area contributed by atoms with Gasteiger partial charge in [0.2, 0.25) is 0 Å². The number of alkyl halides is 3. The normalized spacial score (nSPS) is 13.3. The van der Waals surface area contributed by atoms with Crippen molar-refractivity contribution in [3.8, 4) is 0 Å². The summed E-state index contributed by atoms with van der Waals surface area (Å²) >= 11 is 0. The topological polar surface area (TPSA) is 29.1 Å². The Bertz CT molecular complexity index is 429. The predicted molar refractivity (Wildman–Crippen MR) is 49.0 cm³/mol. The van der Waals surface area contributed by atoms with Crippen molar-refractivity contribution in [2.75, 3.05) is 0 Å². The molecule has 94 valence electrons. The maximum absolute atomic E-state index is 13.2. The van der Waals surface area contributed by atoms with Crippen molar-refractivity contribution in [2.24, 2.45) is 0 Å². The molecule has 0 saturated heterocycles. The van der Waals surface area contributed by atoms with Gasteiger partial charge in [-0.15, -0.1) is 0 Å². The summed E-state index contributed by atoms with van der Waals surface area (Å²) in [5.74, 6) is -3.88. The molecule has 1 N–H and O–H groups in total. The highest BCUT2D eigenvalue weighted by atomic mass is 19.4. The van der Waals surface area contributed by atoms with E-state index in [0.29, 0.717) is 0 Å². The summed E-state index contributed by atoms with van der Waals surface area (Å²) < 4.78 is 61.7. The minimum atomic E-state index is -5.06. The van der Waals surface area contributed by atoms with Crippen LogP contribution in [-0.4, -0.2) is 12.1 Å². The summed E-state index contributed by atoms with van der Waals surface area (Å²) in [5.41, 5.74) is -0.345. The number of carbonyl (C=O) groups excluding carboxylic acids is 1. The van der Waals surface area contributed by atoms with Crippen LogP contribution in [0.2, 0.25) is 0 Å². The van der Waals surface area contributed by atoms with Crippen molar-refractivity contribution >= 4 is 5.91 Å². The fourth-order valence-electron chi connectivity index (χ4n) is 1.20. The Morgan fingerprint density at radius 1 is 1.29 bits per heavy atom. The van der Waals surface area contributed by atoms with Crippen molar-refractivity contribution in [3.05, 3.63) is 35.4 Å². The Morgan fingerprint density at radius 3 is 2.41 bits per heavy atom. The molecule has 1 unspecified atom stereocenters. The average molecular weight is 253 g/mol. The predicted octanol–water partition coefficient (Wildman–Crippen LogP) is 2.70. The number of hydrogen-bond acceptors (Lipinski definition) is 1. The molecule has 0 radical (unpaired) electrons. The van der Waals surface area contributed by atoms with E-state index in [1.807, 2.05) is 0 Å². The van der Waals surface area contributed by atoms with Crippen LogP contribution in [0.1, 0.15) is 18.5 Å². The Labute approximate surface area is 93.4 Å². The number of halogens is 5. The quantitative estimate of drug-likeness (QED) is 0.807. The summed E-state index contributed by atoms with van der Waals surface area (Å²) in [4.78, 5) is 10.6. The smallest absolute Gasteiger partial charge is 0.342 e. The lowest BCUT2D eigenvalue weighted by atomic mass is 10.1. The summed E-state index contributed by atoms with van der Waals surface area (Å²) in [6, 6.07) is 1.06. The summed E-state index contributed by atoms with van der Waals surface area (Å²) in [7, 11) is 0. The fraction of sp³-hybridized carbons (Fsp3) is 0.300. The first kappa shape index (κ1) is 13.4. The molecule has 2 nitrogen and oxygen atoms in total. The SMILES string of the molecule is CC(NC(=O)C(F)(F)F)c1cc(F)ccc1F. The second-order valence-corrected chi connectivity index (χ2v) is 3.36. The van der Waals surface area contributed by atoms with Gasteiger partial charge in [0.1, 0.15) is 11.6 Å². The molecule has 1 aromatic carbocycles. The van der Waals surface area contributed by atoms with Crippen LogP contribution < -0.4 is 5.32 Å². The number of carbonyl (C=O) groups is 1. The van der Waals surface area contributed by atoms with Crippen molar-refractivity contribution in [3.63, 3.8) is 0 Å². The molecule has 1 atom stereocenters. The van der Waals surface area contributed by atoms with Gasteiger partial charge in [-0.05, 0) is 25.1 Å². The van der Waals surface area contributed by atoms with E-state index in [9.17, 15) is 26.7 Å². The molecule has 0 aromatic heterocycles. The van der Waals surface area contributed by atoms with Gasteiger partial charge < -0.3 is 5.32 Å². The third-order valence-electron chi connectivity index (χ3n) is 2.03. The lowest BCUT2D eigenvalue weighted by Crippen LogP contribution is -2.38. The third-order valence-corrected chi connectivity index (χ3v) is 2.03. The van der Waals surface area contributed by atoms with E-state index >= 15 is 0 Å². The number of benzene rings is 1. The van der Waals surface area contributed by atoms with E-state index in [4.69, 9.17) is 0 Å². The molecule has 0 spiro atoms. The third kappa shape index (κ3) is 3.40. The molecule has 17 heavy (non-hydrogen) atoms. The van der Waals surface area contributed by atoms with Gasteiger partial charge in [-0.25, -0.2) is 8.78 Å². The number of rotatable bonds is 2. The fourth-order valence-corrected chi connectivity index (χ4v) is 1.20. The molecule has 7 heteroatoms. The summed E-state index contributed by atoms with van der Waals surface area (Å²) in [6.07, 6.45) is -5.06. The highest BCUT2D eigenvalue weighted by Crippen LogP contribution is 2.21. The molecule has 0 bridgehead atoms. The van der Waals surface area contributed by atoms with E-state index in [1.54, 1.807) is 0 Å². The van der Waals surface area contributed by atoms with Crippen LogP contribution in [0, 0.1) is 11.6 Å². The lowest BCUT2D eigenvalue weighted by Gasteiger charge is -2.16. The first-order valence-electron chi connectivity index (χ1n) is 4.54. The minimum absolute atomic E-state index is 0.345. The molecule has 1 amide bonds. The van der Waals surface area contributed by atoms with Gasteiger partial charge in [0.25, 0.3) is 0 Å². The largest absolute Gasteiger partial charge is 0.471 e. The van der Waals surface area contributed by atoms with Crippen LogP contribution in [0.5, 0.6) is 0 Å². The van der Waals surface area contributed by atoms with E-state index in [1.165, 1.54) is 5.32 Å². The lowest BCUT2D eigenvalue weighted by molar-refractivity contribution is -0.174. The van der Waals surface area contributed by atoms with Crippen LogP contribution in [0.15, 0.2) is 18.2 Å². The first-order chi connectivity index (χ1) is 7.71.